The van der Waals surface area contributed by atoms with Gasteiger partial charge in [0.25, 0.3) is 10.1 Å². The quantitative estimate of drug-likeness (QED) is 0.772. The third-order valence-electron chi connectivity index (χ3n) is 2.89. The molecule has 0 aliphatic heterocycles. The number of nitrogens with zero attached hydrogens (tertiary/aromatic N) is 2. The number of hydrogen-bond donors (Lipinski definition) is 0. The van der Waals surface area contributed by atoms with Crippen LogP contribution in [0.3, 0.4) is 0 Å². The van der Waals surface area contributed by atoms with Crippen molar-refractivity contribution < 1.29 is 17.3 Å². The highest BCUT2D eigenvalue weighted by molar-refractivity contribution is 7.90. The van der Waals surface area contributed by atoms with Gasteiger partial charge in [0.05, 0.1) is 18.6 Å². The van der Waals surface area contributed by atoms with Gasteiger partial charge in [-0.15, -0.1) is 0 Å². The van der Waals surface area contributed by atoms with E-state index in [0.717, 1.165) is 0 Å². The fourth-order valence-corrected chi connectivity index (χ4v) is 3.42. The molecule has 0 saturated carbocycles. The van der Waals surface area contributed by atoms with Crippen LogP contribution >= 0.6 is 11.6 Å². The fraction of sp³-hybridized carbons (Fsp3) is 0.385. The third kappa shape index (κ3) is 3.61. The van der Waals surface area contributed by atoms with Crippen LogP contribution in [0.5, 0.6) is 6.01 Å². The van der Waals surface area contributed by atoms with E-state index in [9.17, 15) is 8.42 Å². The molecule has 0 amide bonds. The molecule has 0 spiro atoms. The smallest absolute Gasteiger partial charge is 0.316 e. The molecule has 8 heteroatoms. The zero-order chi connectivity index (χ0) is 15.5. The summed E-state index contributed by atoms with van der Waals surface area (Å²) in [5.41, 5.74) is 1.01. The van der Waals surface area contributed by atoms with Gasteiger partial charge in [-0.3, -0.25) is 4.18 Å². The molecule has 114 valence electrons. The predicted octanol–water partition coefficient (Wildman–Crippen LogP) is 2.48. The Hall–Kier alpha value is -1.44. The van der Waals surface area contributed by atoms with E-state index < -0.39 is 10.1 Å². The SMILES string of the molecule is CCOS(=O)(=O)C1=C(c2cnc(OC)nc2)C=C(Cl)CC1. The predicted molar refractivity (Wildman–Crippen MR) is 79.2 cm³/mol. The first-order chi connectivity index (χ1) is 9.97. The van der Waals surface area contributed by atoms with Gasteiger partial charge < -0.3 is 4.74 Å². The molecule has 1 aromatic rings. The topological polar surface area (TPSA) is 78.4 Å². The Morgan fingerprint density at radius 3 is 2.52 bits per heavy atom. The molecule has 1 heterocycles. The van der Waals surface area contributed by atoms with Crippen molar-refractivity contribution in [2.24, 2.45) is 0 Å². The van der Waals surface area contributed by atoms with Crippen LogP contribution in [0.25, 0.3) is 5.57 Å². The average molecular weight is 331 g/mol. The second-order valence-corrected chi connectivity index (χ2v) is 6.37. The standard InChI is InChI=1S/C13H15ClN2O4S/c1-3-20-21(17,18)12-5-4-10(14)6-11(12)9-7-15-13(19-2)16-8-9/h6-8H,3-5H2,1-2H3. The highest BCUT2D eigenvalue weighted by atomic mass is 35.5. The molecule has 1 aromatic heterocycles. The number of ether oxygens (including phenoxy) is 1. The first kappa shape index (κ1) is 15.9. The normalized spacial score (nSPS) is 15.9. The summed E-state index contributed by atoms with van der Waals surface area (Å²) in [6.07, 6.45) is 5.36. The molecular weight excluding hydrogens is 316 g/mol. The van der Waals surface area contributed by atoms with Crippen LogP contribution in [0.2, 0.25) is 0 Å². The van der Waals surface area contributed by atoms with E-state index in [1.165, 1.54) is 19.5 Å². The summed E-state index contributed by atoms with van der Waals surface area (Å²) in [4.78, 5) is 8.17. The Bertz CT molecular complexity index is 681. The summed E-state index contributed by atoms with van der Waals surface area (Å²) in [5.74, 6) is 0. The Morgan fingerprint density at radius 1 is 1.29 bits per heavy atom. The van der Waals surface area contributed by atoms with Gasteiger partial charge in [-0.25, -0.2) is 9.97 Å². The lowest BCUT2D eigenvalue weighted by molar-refractivity contribution is 0.342. The molecule has 0 radical (unpaired) electrons. The lowest BCUT2D eigenvalue weighted by Crippen LogP contribution is -2.13. The van der Waals surface area contributed by atoms with E-state index in [1.807, 2.05) is 0 Å². The van der Waals surface area contributed by atoms with Crippen LogP contribution < -0.4 is 4.74 Å². The number of halogens is 1. The number of hydrogen-bond acceptors (Lipinski definition) is 6. The number of rotatable bonds is 5. The van der Waals surface area contributed by atoms with Crippen LogP contribution in [0.4, 0.5) is 0 Å². The van der Waals surface area contributed by atoms with Gasteiger partial charge in [0.1, 0.15) is 0 Å². The molecule has 6 nitrogen and oxygen atoms in total. The average Bonchev–Trinajstić information content (AvgIpc) is 2.47. The minimum atomic E-state index is -3.78. The molecule has 1 aliphatic carbocycles. The number of allylic oxidation sites excluding steroid dienone is 4. The Morgan fingerprint density at radius 2 is 1.95 bits per heavy atom. The molecule has 0 saturated heterocycles. The van der Waals surface area contributed by atoms with E-state index in [4.69, 9.17) is 20.5 Å². The van der Waals surface area contributed by atoms with Gasteiger partial charge in [0, 0.05) is 28.6 Å². The number of aromatic nitrogens is 2. The van der Waals surface area contributed by atoms with Crippen molar-refractivity contribution in [3.63, 3.8) is 0 Å². The monoisotopic (exact) mass is 330 g/mol. The van der Waals surface area contributed by atoms with Crippen molar-refractivity contribution in [3.8, 4) is 6.01 Å². The van der Waals surface area contributed by atoms with E-state index >= 15 is 0 Å². The van der Waals surface area contributed by atoms with Crippen LogP contribution in [-0.2, 0) is 14.3 Å². The van der Waals surface area contributed by atoms with Crippen LogP contribution in [0.15, 0.2) is 28.4 Å². The highest BCUT2D eigenvalue weighted by Gasteiger charge is 2.26. The maximum absolute atomic E-state index is 12.2. The van der Waals surface area contributed by atoms with Gasteiger partial charge in [0.2, 0.25) is 0 Å². The fourth-order valence-electron chi connectivity index (χ4n) is 1.97. The Labute approximate surface area is 128 Å². The number of methoxy groups -OCH3 is 1. The molecule has 1 aliphatic rings. The second-order valence-electron chi connectivity index (χ2n) is 4.25. The van der Waals surface area contributed by atoms with Crippen LogP contribution in [0.1, 0.15) is 25.3 Å². The summed E-state index contributed by atoms with van der Waals surface area (Å²) < 4.78 is 34.1. The van der Waals surface area contributed by atoms with Crippen molar-refractivity contribution in [3.05, 3.63) is 34.0 Å². The Kier molecular flexibility index (Phi) is 4.97. The molecule has 0 unspecified atom stereocenters. The first-order valence-electron chi connectivity index (χ1n) is 6.33. The third-order valence-corrected chi connectivity index (χ3v) is 4.76. The lowest BCUT2D eigenvalue weighted by atomic mass is 10.0. The summed E-state index contributed by atoms with van der Waals surface area (Å²) in [6, 6.07) is 0.208. The highest BCUT2D eigenvalue weighted by Crippen LogP contribution is 2.35. The van der Waals surface area contributed by atoms with Crippen molar-refractivity contribution >= 4 is 27.3 Å². The van der Waals surface area contributed by atoms with Crippen LogP contribution in [-0.4, -0.2) is 32.1 Å². The molecule has 2 rings (SSSR count). The summed E-state index contributed by atoms with van der Waals surface area (Å²) >= 11 is 6.04. The second kappa shape index (κ2) is 6.55. The summed E-state index contributed by atoms with van der Waals surface area (Å²) in [5, 5.41) is 0.580. The molecular formula is C13H15ClN2O4S. The van der Waals surface area contributed by atoms with E-state index in [1.54, 1.807) is 13.0 Å². The van der Waals surface area contributed by atoms with Gasteiger partial charge in [-0.05, 0) is 25.8 Å². The summed E-state index contributed by atoms with van der Waals surface area (Å²) in [7, 11) is -2.33. The van der Waals surface area contributed by atoms with Crippen LogP contribution in [0, 0.1) is 0 Å². The minimum Gasteiger partial charge on any atom is -0.467 e. The van der Waals surface area contributed by atoms with Gasteiger partial charge in [-0.1, -0.05) is 11.6 Å². The lowest BCUT2D eigenvalue weighted by Gasteiger charge is -2.17. The van der Waals surface area contributed by atoms with Gasteiger partial charge in [0.15, 0.2) is 0 Å². The molecule has 0 bridgehead atoms. The van der Waals surface area contributed by atoms with Gasteiger partial charge in [-0.2, -0.15) is 8.42 Å². The first-order valence-corrected chi connectivity index (χ1v) is 8.11. The van der Waals surface area contributed by atoms with E-state index in [2.05, 4.69) is 9.97 Å². The van der Waals surface area contributed by atoms with Gasteiger partial charge >= 0.3 is 6.01 Å². The van der Waals surface area contributed by atoms with Crippen molar-refractivity contribution in [1.82, 2.24) is 9.97 Å². The molecule has 0 aromatic carbocycles. The molecule has 0 N–H and O–H groups in total. The van der Waals surface area contributed by atoms with Crippen molar-refractivity contribution in [1.29, 1.82) is 0 Å². The maximum Gasteiger partial charge on any atom is 0.316 e. The maximum atomic E-state index is 12.2. The Balaban J connectivity index is 2.54. The van der Waals surface area contributed by atoms with Crippen molar-refractivity contribution in [2.75, 3.05) is 13.7 Å². The molecule has 0 fully saturated rings. The molecule has 21 heavy (non-hydrogen) atoms. The molecule has 0 atom stereocenters. The van der Waals surface area contributed by atoms with Crippen molar-refractivity contribution in [2.45, 2.75) is 19.8 Å². The van der Waals surface area contributed by atoms with E-state index in [-0.39, 0.29) is 17.5 Å². The van der Waals surface area contributed by atoms with E-state index in [0.29, 0.717) is 29.0 Å². The zero-order valence-corrected chi connectivity index (χ0v) is 13.2. The summed E-state index contributed by atoms with van der Waals surface area (Å²) in [6.45, 7) is 1.70. The zero-order valence-electron chi connectivity index (χ0n) is 11.7. The largest absolute Gasteiger partial charge is 0.467 e. The minimum absolute atomic E-state index is 0.0790.